The van der Waals surface area contributed by atoms with E-state index in [2.05, 4.69) is 21.4 Å². The standard InChI is InChI=1S/C22H29N3O6S/c1-4-9-24-10-12-25(13-11-24)19-7-5-16(22(26)27)14-18(19)23-32(28,29)17-6-8-20(30-2)21(15-17)31-3/h5-8,14-15,23H,4,9-13H2,1-3H3,(H,26,27). The van der Waals surface area contributed by atoms with Crippen molar-refractivity contribution in [3.8, 4) is 11.5 Å². The van der Waals surface area contributed by atoms with Gasteiger partial charge in [-0.2, -0.15) is 0 Å². The number of carbonyl (C=O) groups is 1. The van der Waals surface area contributed by atoms with Gasteiger partial charge >= 0.3 is 5.97 Å². The van der Waals surface area contributed by atoms with Gasteiger partial charge in [-0.05, 0) is 43.3 Å². The highest BCUT2D eigenvalue weighted by molar-refractivity contribution is 7.92. The van der Waals surface area contributed by atoms with Gasteiger partial charge in [-0.1, -0.05) is 6.92 Å². The van der Waals surface area contributed by atoms with Gasteiger partial charge < -0.3 is 19.5 Å². The minimum absolute atomic E-state index is 0.00313. The predicted octanol–water partition coefficient (Wildman–Crippen LogP) is 2.73. The first kappa shape index (κ1) is 23.7. The highest BCUT2D eigenvalue weighted by Gasteiger charge is 2.24. The summed E-state index contributed by atoms with van der Waals surface area (Å²) < 4.78 is 39.2. The van der Waals surface area contributed by atoms with Crippen molar-refractivity contribution in [1.29, 1.82) is 0 Å². The number of ether oxygens (including phenoxy) is 2. The number of methoxy groups -OCH3 is 2. The van der Waals surface area contributed by atoms with E-state index in [1.54, 1.807) is 6.07 Å². The third-order valence-corrected chi connectivity index (χ3v) is 6.77. The van der Waals surface area contributed by atoms with E-state index in [1.165, 1.54) is 44.6 Å². The number of benzene rings is 2. The van der Waals surface area contributed by atoms with Crippen LogP contribution < -0.4 is 19.1 Å². The number of carboxylic acids is 1. The van der Waals surface area contributed by atoms with E-state index in [9.17, 15) is 18.3 Å². The maximum atomic E-state index is 13.1. The van der Waals surface area contributed by atoms with Crippen LogP contribution in [0, 0.1) is 0 Å². The zero-order valence-electron chi connectivity index (χ0n) is 18.5. The molecule has 0 radical (unpaired) electrons. The summed E-state index contributed by atoms with van der Waals surface area (Å²) in [6, 6.07) is 8.79. The highest BCUT2D eigenvalue weighted by Crippen LogP contribution is 2.33. The Morgan fingerprint density at radius 1 is 1.03 bits per heavy atom. The summed E-state index contributed by atoms with van der Waals surface area (Å²) in [7, 11) is -1.12. The van der Waals surface area contributed by atoms with E-state index in [4.69, 9.17) is 9.47 Å². The number of hydrogen-bond donors (Lipinski definition) is 2. The van der Waals surface area contributed by atoms with Crippen molar-refractivity contribution in [3.05, 3.63) is 42.0 Å². The van der Waals surface area contributed by atoms with E-state index in [0.717, 1.165) is 39.1 Å². The summed E-state index contributed by atoms with van der Waals surface area (Å²) >= 11 is 0. The van der Waals surface area contributed by atoms with Gasteiger partial charge in [-0.3, -0.25) is 9.62 Å². The number of piperazine rings is 1. The maximum absolute atomic E-state index is 13.1. The van der Waals surface area contributed by atoms with E-state index >= 15 is 0 Å². The molecule has 174 valence electrons. The summed E-state index contributed by atoms with van der Waals surface area (Å²) in [5.41, 5.74) is 0.877. The fourth-order valence-corrected chi connectivity index (χ4v) is 4.82. The van der Waals surface area contributed by atoms with E-state index in [0.29, 0.717) is 11.4 Å². The minimum atomic E-state index is -4.01. The fourth-order valence-electron chi connectivity index (χ4n) is 3.74. The predicted molar refractivity (Wildman–Crippen MR) is 123 cm³/mol. The Kier molecular flexibility index (Phi) is 7.47. The molecule has 2 aromatic rings. The smallest absolute Gasteiger partial charge is 0.335 e. The second kappa shape index (κ2) is 10.1. The topological polar surface area (TPSA) is 108 Å². The molecule has 1 fully saturated rings. The SMILES string of the molecule is CCCN1CCN(c2ccc(C(=O)O)cc2NS(=O)(=O)c2ccc(OC)c(OC)c2)CC1. The molecule has 0 unspecified atom stereocenters. The lowest BCUT2D eigenvalue weighted by Gasteiger charge is -2.37. The van der Waals surface area contributed by atoms with Crippen molar-refractivity contribution in [3.63, 3.8) is 0 Å². The zero-order chi connectivity index (χ0) is 23.3. The first-order chi connectivity index (χ1) is 15.3. The molecule has 0 aliphatic carbocycles. The molecule has 1 aliphatic rings. The van der Waals surface area contributed by atoms with Crippen LogP contribution in [-0.2, 0) is 10.0 Å². The quantitative estimate of drug-likeness (QED) is 0.584. The Bertz CT molecular complexity index is 1070. The second-order valence-electron chi connectivity index (χ2n) is 7.49. The van der Waals surface area contributed by atoms with Gasteiger partial charge in [0, 0.05) is 32.2 Å². The molecule has 0 amide bonds. The lowest BCUT2D eigenvalue weighted by Crippen LogP contribution is -2.46. The van der Waals surface area contributed by atoms with Crippen molar-refractivity contribution < 1.29 is 27.8 Å². The van der Waals surface area contributed by atoms with Gasteiger partial charge in [0.2, 0.25) is 0 Å². The molecule has 10 heteroatoms. The van der Waals surface area contributed by atoms with Crippen LogP contribution in [0.2, 0.25) is 0 Å². The normalized spacial score (nSPS) is 14.8. The van der Waals surface area contributed by atoms with Crippen LogP contribution in [-0.4, -0.2) is 71.3 Å². The second-order valence-corrected chi connectivity index (χ2v) is 9.17. The first-order valence-electron chi connectivity index (χ1n) is 10.4. The molecule has 3 rings (SSSR count). The molecule has 0 spiro atoms. The summed E-state index contributed by atoms with van der Waals surface area (Å²) in [5, 5.41) is 9.42. The molecule has 1 aliphatic heterocycles. The Hall–Kier alpha value is -2.98. The van der Waals surface area contributed by atoms with Crippen LogP contribution >= 0.6 is 0 Å². The fraction of sp³-hybridized carbons (Fsp3) is 0.409. The Morgan fingerprint density at radius 2 is 1.72 bits per heavy atom. The highest BCUT2D eigenvalue weighted by atomic mass is 32.2. The zero-order valence-corrected chi connectivity index (χ0v) is 19.3. The lowest BCUT2D eigenvalue weighted by atomic mass is 10.1. The van der Waals surface area contributed by atoms with E-state index < -0.39 is 16.0 Å². The van der Waals surface area contributed by atoms with Crippen LogP contribution in [0.3, 0.4) is 0 Å². The van der Waals surface area contributed by atoms with Gasteiger partial charge in [-0.15, -0.1) is 0 Å². The van der Waals surface area contributed by atoms with Gasteiger partial charge in [-0.25, -0.2) is 13.2 Å². The molecule has 32 heavy (non-hydrogen) atoms. The molecule has 0 atom stereocenters. The van der Waals surface area contributed by atoms with Crippen LogP contribution in [0.25, 0.3) is 0 Å². The Balaban J connectivity index is 1.93. The number of sulfonamides is 1. The number of rotatable bonds is 9. The minimum Gasteiger partial charge on any atom is -0.493 e. The van der Waals surface area contributed by atoms with Crippen LogP contribution in [0.1, 0.15) is 23.7 Å². The largest absolute Gasteiger partial charge is 0.493 e. The number of nitrogens with one attached hydrogen (secondary N) is 1. The Labute approximate surface area is 188 Å². The summed E-state index contributed by atoms with van der Waals surface area (Å²) in [5.74, 6) is -0.442. The molecule has 0 saturated carbocycles. The number of aromatic carboxylic acids is 1. The van der Waals surface area contributed by atoms with Crippen molar-refractivity contribution in [2.24, 2.45) is 0 Å². The van der Waals surface area contributed by atoms with Crippen molar-refractivity contribution in [1.82, 2.24) is 4.90 Å². The Morgan fingerprint density at radius 3 is 2.31 bits per heavy atom. The van der Waals surface area contributed by atoms with Crippen molar-refractivity contribution >= 4 is 27.4 Å². The third-order valence-electron chi connectivity index (χ3n) is 5.41. The molecule has 2 N–H and O–H groups in total. The van der Waals surface area contributed by atoms with E-state index in [-0.39, 0.29) is 21.9 Å². The average Bonchev–Trinajstić information content (AvgIpc) is 2.79. The van der Waals surface area contributed by atoms with Gasteiger partial charge in [0.15, 0.2) is 11.5 Å². The number of carboxylic acid groups (broad SMARTS) is 1. The number of hydrogen-bond acceptors (Lipinski definition) is 7. The van der Waals surface area contributed by atoms with Gasteiger partial charge in [0.25, 0.3) is 10.0 Å². The monoisotopic (exact) mass is 463 g/mol. The molecular weight excluding hydrogens is 434 g/mol. The molecule has 1 saturated heterocycles. The van der Waals surface area contributed by atoms with E-state index in [1.807, 2.05) is 0 Å². The van der Waals surface area contributed by atoms with Gasteiger partial charge in [0.05, 0.1) is 36.1 Å². The van der Waals surface area contributed by atoms with Crippen LogP contribution in [0.5, 0.6) is 11.5 Å². The molecule has 1 heterocycles. The molecule has 0 aromatic heterocycles. The van der Waals surface area contributed by atoms with Crippen LogP contribution in [0.15, 0.2) is 41.3 Å². The van der Waals surface area contributed by atoms with Crippen molar-refractivity contribution in [2.75, 3.05) is 56.6 Å². The summed E-state index contributed by atoms with van der Waals surface area (Å²) in [6.07, 6.45) is 1.07. The average molecular weight is 464 g/mol. The molecule has 0 bridgehead atoms. The molecular formula is C22H29N3O6S. The summed E-state index contributed by atoms with van der Waals surface area (Å²) in [6.45, 7) is 6.31. The number of anilines is 2. The maximum Gasteiger partial charge on any atom is 0.335 e. The molecule has 2 aromatic carbocycles. The number of nitrogens with zero attached hydrogens (tertiary/aromatic N) is 2. The molecule has 9 nitrogen and oxygen atoms in total. The first-order valence-corrected chi connectivity index (χ1v) is 11.9. The van der Waals surface area contributed by atoms with Crippen LogP contribution in [0.4, 0.5) is 11.4 Å². The third kappa shape index (κ3) is 5.25. The lowest BCUT2D eigenvalue weighted by molar-refractivity contribution is 0.0697. The van der Waals surface area contributed by atoms with Crippen molar-refractivity contribution in [2.45, 2.75) is 18.2 Å². The van der Waals surface area contributed by atoms with Gasteiger partial charge in [0.1, 0.15) is 0 Å². The summed E-state index contributed by atoms with van der Waals surface area (Å²) in [4.78, 5) is 15.9.